The van der Waals surface area contributed by atoms with Gasteiger partial charge >= 0.3 is 0 Å². The third-order valence-electron chi connectivity index (χ3n) is 4.30. The second-order valence-corrected chi connectivity index (χ2v) is 5.93. The van der Waals surface area contributed by atoms with Gasteiger partial charge in [0.1, 0.15) is 0 Å². The minimum Gasteiger partial charge on any atom is -0.347 e. The van der Waals surface area contributed by atoms with Crippen LogP contribution in [0.3, 0.4) is 0 Å². The van der Waals surface area contributed by atoms with E-state index in [1.165, 1.54) is 0 Å². The van der Waals surface area contributed by atoms with Crippen LogP contribution in [0.2, 0.25) is 0 Å². The fourth-order valence-corrected chi connectivity index (χ4v) is 3.15. The number of nitrogens with two attached hydrogens (primary N) is 1. The maximum atomic E-state index is 12.4. The Bertz CT molecular complexity index is 463. The lowest BCUT2D eigenvalue weighted by atomic mass is 9.96. The summed E-state index contributed by atoms with van der Waals surface area (Å²) in [6.45, 7) is 3.02. The number of rotatable bonds is 5. The molecule has 1 saturated heterocycles. The van der Waals surface area contributed by atoms with E-state index >= 15 is 0 Å². The van der Waals surface area contributed by atoms with Gasteiger partial charge in [-0.05, 0) is 43.5 Å². The smallest absolute Gasteiger partial charge is 0.239 e. The van der Waals surface area contributed by atoms with E-state index in [-0.39, 0.29) is 24.0 Å². The van der Waals surface area contributed by atoms with Gasteiger partial charge in [-0.3, -0.25) is 14.7 Å². The predicted octanol–water partition coefficient (Wildman–Crippen LogP) is 1.41. The number of carbonyl (C=O) groups excluding carboxylic acids is 1. The van der Waals surface area contributed by atoms with Gasteiger partial charge in [0.05, 0.1) is 12.1 Å². The number of likely N-dealkylation sites (tertiary alicyclic amines) is 1. The predicted molar refractivity (Wildman–Crippen MR) is 83.7 cm³/mol. The van der Waals surface area contributed by atoms with Gasteiger partial charge in [0.25, 0.3) is 0 Å². The highest BCUT2D eigenvalue weighted by Crippen LogP contribution is 2.32. The van der Waals surface area contributed by atoms with Crippen molar-refractivity contribution in [3.8, 4) is 0 Å². The van der Waals surface area contributed by atoms with Crippen molar-refractivity contribution >= 4 is 5.91 Å². The Morgan fingerprint density at radius 3 is 2.71 bits per heavy atom. The van der Waals surface area contributed by atoms with Crippen molar-refractivity contribution in [2.24, 2.45) is 5.73 Å². The van der Waals surface area contributed by atoms with Crippen molar-refractivity contribution in [1.82, 2.24) is 14.8 Å². The zero-order chi connectivity index (χ0) is 15.4. The van der Waals surface area contributed by atoms with Crippen molar-refractivity contribution in [3.63, 3.8) is 0 Å². The second-order valence-electron chi connectivity index (χ2n) is 5.93. The van der Waals surface area contributed by atoms with Gasteiger partial charge in [0, 0.05) is 32.5 Å². The molecule has 1 aliphatic rings. The Balaban J connectivity index is 2.30. The summed E-state index contributed by atoms with van der Waals surface area (Å²) < 4.78 is 0. The van der Waals surface area contributed by atoms with Crippen LogP contribution in [0.25, 0.3) is 0 Å². The molecule has 0 aromatic carbocycles. The van der Waals surface area contributed by atoms with Crippen molar-refractivity contribution in [3.05, 3.63) is 30.1 Å². The first-order chi connectivity index (χ1) is 10.1. The Labute approximate surface area is 127 Å². The Kier molecular flexibility index (Phi) is 5.31. The Morgan fingerprint density at radius 1 is 1.48 bits per heavy atom. The minimum absolute atomic E-state index is 0.0166. The molecule has 0 aliphatic carbocycles. The molecule has 1 aliphatic heterocycles. The summed E-state index contributed by atoms with van der Waals surface area (Å²) in [7, 11) is 3.64. The van der Waals surface area contributed by atoms with Crippen LogP contribution in [-0.2, 0) is 4.79 Å². The van der Waals surface area contributed by atoms with E-state index in [0.717, 1.165) is 31.4 Å². The lowest BCUT2D eigenvalue weighted by molar-refractivity contribution is -0.134. The number of aromatic nitrogens is 1. The van der Waals surface area contributed by atoms with E-state index in [2.05, 4.69) is 16.8 Å². The molecule has 5 heteroatoms. The summed E-state index contributed by atoms with van der Waals surface area (Å²) in [6.07, 6.45) is 6.43. The Morgan fingerprint density at radius 2 is 2.14 bits per heavy atom. The standard InChI is InChI=1S/C16H26N4O/c1-4-13(17)15(12-7-9-18-10-8-12)20-11-5-6-14(20)16(21)19(2)3/h7-10,13-15H,4-6,11,17H2,1-3H3. The Hall–Kier alpha value is -1.46. The number of carbonyl (C=O) groups is 1. The van der Waals surface area contributed by atoms with Crippen LogP contribution in [-0.4, -0.2) is 53.4 Å². The molecule has 1 aromatic rings. The average molecular weight is 290 g/mol. The molecular formula is C16H26N4O. The van der Waals surface area contributed by atoms with E-state index in [9.17, 15) is 4.79 Å². The van der Waals surface area contributed by atoms with Gasteiger partial charge in [-0.25, -0.2) is 0 Å². The van der Waals surface area contributed by atoms with Crippen LogP contribution in [0, 0.1) is 0 Å². The first kappa shape index (κ1) is 15.9. The highest BCUT2D eigenvalue weighted by molar-refractivity contribution is 5.81. The molecule has 2 N–H and O–H groups in total. The van der Waals surface area contributed by atoms with Gasteiger partial charge in [-0.1, -0.05) is 6.92 Å². The van der Waals surface area contributed by atoms with Gasteiger partial charge in [0.15, 0.2) is 0 Å². The summed E-state index contributed by atoms with van der Waals surface area (Å²) in [5, 5.41) is 0. The summed E-state index contributed by atoms with van der Waals surface area (Å²) in [5.74, 6) is 0.176. The molecule has 3 unspecified atom stereocenters. The number of nitrogens with zero attached hydrogens (tertiary/aromatic N) is 3. The zero-order valence-corrected chi connectivity index (χ0v) is 13.2. The highest BCUT2D eigenvalue weighted by atomic mass is 16.2. The number of hydrogen-bond acceptors (Lipinski definition) is 4. The molecule has 1 aromatic heterocycles. The first-order valence-electron chi connectivity index (χ1n) is 7.68. The molecule has 1 fully saturated rings. The van der Waals surface area contributed by atoms with E-state index < -0.39 is 0 Å². The molecule has 2 rings (SSSR count). The number of hydrogen-bond donors (Lipinski definition) is 1. The van der Waals surface area contributed by atoms with E-state index in [0.29, 0.717) is 0 Å². The lowest BCUT2D eigenvalue weighted by Gasteiger charge is -2.37. The zero-order valence-electron chi connectivity index (χ0n) is 13.2. The molecule has 5 nitrogen and oxygen atoms in total. The summed E-state index contributed by atoms with van der Waals surface area (Å²) in [6, 6.07) is 4.05. The fraction of sp³-hybridized carbons (Fsp3) is 0.625. The summed E-state index contributed by atoms with van der Waals surface area (Å²) >= 11 is 0. The molecule has 116 valence electrons. The number of pyridine rings is 1. The SMILES string of the molecule is CCC(N)C(c1ccncc1)N1CCCC1C(=O)N(C)C. The van der Waals surface area contributed by atoms with Gasteiger partial charge in [0.2, 0.25) is 5.91 Å². The third-order valence-corrected chi connectivity index (χ3v) is 4.30. The number of amides is 1. The highest BCUT2D eigenvalue weighted by Gasteiger charge is 2.38. The van der Waals surface area contributed by atoms with Gasteiger partial charge < -0.3 is 10.6 Å². The summed E-state index contributed by atoms with van der Waals surface area (Å²) in [5.41, 5.74) is 7.53. The molecule has 3 atom stereocenters. The lowest BCUT2D eigenvalue weighted by Crippen LogP contribution is -2.48. The maximum absolute atomic E-state index is 12.4. The third kappa shape index (κ3) is 3.41. The van der Waals surface area contributed by atoms with Gasteiger partial charge in [-0.15, -0.1) is 0 Å². The average Bonchev–Trinajstić information content (AvgIpc) is 2.96. The maximum Gasteiger partial charge on any atom is 0.239 e. The van der Waals surface area contributed by atoms with Crippen LogP contribution >= 0.6 is 0 Å². The van der Waals surface area contributed by atoms with Crippen LogP contribution in [0.15, 0.2) is 24.5 Å². The van der Waals surface area contributed by atoms with E-state index in [1.54, 1.807) is 17.3 Å². The summed E-state index contributed by atoms with van der Waals surface area (Å²) in [4.78, 5) is 20.5. The van der Waals surface area contributed by atoms with Gasteiger partial charge in [-0.2, -0.15) is 0 Å². The first-order valence-corrected chi connectivity index (χ1v) is 7.68. The van der Waals surface area contributed by atoms with Crippen molar-refractivity contribution in [2.75, 3.05) is 20.6 Å². The van der Waals surface area contributed by atoms with Crippen LogP contribution < -0.4 is 5.73 Å². The quantitative estimate of drug-likeness (QED) is 0.890. The monoisotopic (exact) mass is 290 g/mol. The van der Waals surface area contributed by atoms with Crippen molar-refractivity contribution < 1.29 is 4.79 Å². The fourth-order valence-electron chi connectivity index (χ4n) is 3.15. The van der Waals surface area contributed by atoms with Crippen molar-refractivity contribution in [2.45, 2.75) is 44.3 Å². The molecule has 21 heavy (non-hydrogen) atoms. The minimum atomic E-state index is -0.0595. The second kappa shape index (κ2) is 7.00. The molecule has 0 saturated carbocycles. The van der Waals surface area contributed by atoms with Crippen molar-refractivity contribution in [1.29, 1.82) is 0 Å². The molecule has 0 spiro atoms. The van der Waals surface area contributed by atoms with E-state index in [4.69, 9.17) is 5.73 Å². The largest absolute Gasteiger partial charge is 0.347 e. The molecular weight excluding hydrogens is 264 g/mol. The topological polar surface area (TPSA) is 62.5 Å². The van der Waals surface area contributed by atoms with Crippen LogP contribution in [0.5, 0.6) is 0 Å². The molecule has 0 bridgehead atoms. The molecule has 0 radical (unpaired) electrons. The number of likely N-dealkylation sites (N-methyl/N-ethyl adjacent to an activating group) is 1. The molecule has 2 heterocycles. The normalized spacial score (nSPS) is 22.0. The van der Waals surface area contributed by atoms with Crippen LogP contribution in [0.1, 0.15) is 37.8 Å². The van der Waals surface area contributed by atoms with Crippen LogP contribution in [0.4, 0.5) is 0 Å². The molecule has 1 amide bonds. The van der Waals surface area contributed by atoms with E-state index in [1.807, 2.05) is 26.2 Å².